The Morgan fingerprint density at radius 1 is 1.28 bits per heavy atom. The number of ether oxygens (including phenoxy) is 3. The second kappa shape index (κ2) is 6.57. The van der Waals surface area contributed by atoms with Crippen LogP contribution in [-0.4, -0.2) is 50.3 Å². The van der Waals surface area contributed by atoms with Crippen molar-refractivity contribution in [2.24, 2.45) is 11.7 Å². The van der Waals surface area contributed by atoms with E-state index in [0.717, 1.165) is 32.3 Å². The Morgan fingerprint density at radius 2 is 1.94 bits per heavy atom. The van der Waals surface area contributed by atoms with Gasteiger partial charge in [0.05, 0.1) is 11.6 Å². The molecule has 2 aliphatic heterocycles. The predicted octanol–water partition coefficient (Wildman–Crippen LogP) is 1.62. The van der Waals surface area contributed by atoms with Gasteiger partial charge in [-0.15, -0.1) is 0 Å². The van der Waals surface area contributed by atoms with Crippen LogP contribution in [0.1, 0.15) is 25.7 Å². The highest BCUT2D eigenvalue weighted by Gasteiger charge is 2.41. The SMILES string of the molecule is COC(OC)C(N)C1CCOC2(CCSCC2)C1. The van der Waals surface area contributed by atoms with Crippen molar-refractivity contribution in [3.63, 3.8) is 0 Å². The third kappa shape index (κ3) is 3.20. The van der Waals surface area contributed by atoms with Gasteiger partial charge in [0.1, 0.15) is 0 Å². The summed E-state index contributed by atoms with van der Waals surface area (Å²) in [4.78, 5) is 0. The molecule has 1 spiro atoms. The summed E-state index contributed by atoms with van der Waals surface area (Å²) in [6.07, 6.45) is 4.08. The van der Waals surface area contributed by atoms with Gasteiger partial charge in [-0.25, -0.2) is 0 Å². The predicted molar refractivity (Wildman–Crippen MR) is 73.7 cm³/mol. The Kier molecular flexibility index (Phi) is 5.33. The van der Waals surface area contributed by atoms with Crippen molar-refractivity contribution in [1.29, 1.82) is 0 Å². The van der Waals surface area contributed by atoms with Crippen molar-refractivity contribution in [1.82, 2.24) is 0 Å². The lowest BCUT2D eigenvalue weighted by atomic mass is 9.78. The van der Waals surface area contributed by atoms with Gasteiger partial charge in [0.15, 0.2) is 6.29 Å². The van der Waals surface area contributed by atoms with E-state index in [0.29, 0.717) is 5.92 Å². The van der Waals surface area contributed by atoms with Crippen LogP contribution in [0.2, 0.25) is 0 Å². The van der Waals surface area contributed by atoms with E-state index in [4.69, 9.17) is 19.9 Å². The Morgan fingerprint density at radius 3 is 2.56 bits per heavy atom. The Hall–Kier alpha value is 0.190. The smallest absolute Gasteiger partial charge is 0.172 e. The third-order valence-corrected chi connectivity index (χ3v) is 5.24. The molecule has 106 valence electrons. The van der Waals surface area contributed by atoms with Crippen LogP contribution in [-0.2, 0) is 14.2 Å². The first-order chi connectivity index (χ1) is 8.71. The standard InChI is InChI=1S/C13H25NO3S/c1-15-12(16-2)11(14)10-3-6-17-13(9-10)4-7-18-8-5-13/h10-12H,3-9,14H2,1-2H3. The first kappa shape index (κ1) is 14.6. The number of hydrogen-bond donors (Lipinski definition) is 1. The molecule has 2 atom stereocenters. The van der Waals surface area contributed by atoms with E-state index in [-0.39, 0.29) is 17.9 Å². The summed E-state index contributed by atoms with van der Waals surface area (Å²) in [5.74, 6) is 2.85. The normalized spacial score (nSPS) is 29.7. The highest BCUT2D eigenvalue weighted by atomic mass is 32.2. The van der Waals surface area contributed by atoms with Crippen molar-refractivity contribution >= 4 is 11.8 Å². The van der Waals surface area contributed by atoms with Crippen molar-refractivity contribution in [3.05, 3.63) is 0 Å². The van der Waals surface area contributed by atoms with Crippen LogP contribution in [0.3, 0.4) is 0 Å². The highest BCUT2D eigenvalue weighted by Crippen LogP contribution is 2.40. The Balaban J connectivity index is 1.97. The number of rotatable bonds is 4. The quantitative estimate of drug-likeness (QED) is 0.790. The number of nitrogens with two attached hydrogens (primary N) is 1. The lowest BCUT2D eigenvalue weighted by molar-refractivity contribution is -0.153. The molecule has 2 fully saturated rings. The largest absolute Gasteiger partial charge is 0.375 e. The van der Waals surface area contributed by atoms with Crippen LogP contribution in [0.15, 0.2) is 0 Å². The molecule has 0 saturated carbocycles. The van der Waals surface area contributed by atoms with E-state index in [2.05, 4.69) is 0 Å². The zero-order valence-corrected chi connectivity index (χ0v) is 12.2. The molecule has 2 unspecified atom stereocenters. The van der Waals surface area contributed by atoms with Crippen LogP contribution in [0, 0.1) is 5.92 Å². The van der Waals surface area contributed by atoms with Gasteiger partial charge in [-0.3, -0.25) is 0 Å². The summed E-state index contributed by atoms with van der Waals surface area (Å²) in [6.45, 7) is 0.823. The molecule has 4 nitrogen and oxygen atoms in total. The summed E-state index contributed by atoms with van der Waals surface area (Å²) >= 11 is 2.03. The summed E-state index contributed by atoms with van der Waals surface area (Å²) < 4.78 is 16.7. The number of thioether (sulfide) groups is 1. The summed E-state index contributed by atoms with van der Waals surface area (Å²) in [7, 11) is 3.31. The summed E-state index contributed by atoms with van der Waals surface area (Å²) in [5.41, 5.74) is 6.37. The van der Waals surface area contributed by atoms with Gasteiger partial charge in [0.2, 0.25) is 0 Å². The zero-order chi connectivity index (χ0) is 13.0. The maximum Gasteiger partial charge on any atom is 0.172 e. The minimum atomic E-state index is -0.303. The maximum absolute atomic E-state index is 6.29. The topological polar surface area (TPSA) is 53.7 Å². The fourth-order valence-electron chi connectivity index (χ4n) is 3.12. The first-order valence-electron chi connectivity index (χ1n) is 6.74. The maximum atomic E-state index is 6.29. The molecule has 0 aromatic carbocycles. The lowest BCUT2D eigenvalue weighted by Crippen LogP contribution is -2.51. The van der Waals surface area contributed by atoms with Gasteiger partial charge in [-0.2, -0.15) is 11.8 Å². The average Bonchev–Trinajstić information content (AvgIpc) is 2.41. The van der Waals surface area contributed by atoms with Crippen molar-refractivity contribution in [3.8, 4) is 0 Å². The Bertz CT molecular complexity index is 249. The van der Waals surface area contributed by atoms with Gasteiger partial charge >= 0.3 is 0 Å². The minimum absolute atomic E-state index is 0.0599. The van der Waals surface area contributed by atoms with Crippen LogP contribution >= 0.6 is 11.8 Å². The fourth-order valence-corrected chi connectivity index (χ4v) is 4.36. The van der Waals surface area contributed by atoms with E-state index in [1.54, 1.807) is 14.2 Å². The molecule has 0 radical (unpaired) electrons. The first-order valence-corrected chi connectivity index (χ1v) is 7.89. The molecule has 2 heterocycles. The second-order valence-corrected chi connectivity index (χ2v) is 6.54. The molecule has 2 N–H and O–H groups in total. The van der Waals surface area contributed by atoms with Gasteiger partial charge < -0.3 is 19.9 Å². The highest BCUT2D eigenvalue weighted by molar-refractivity contribution is 7.99. The average molecular weight is 275 g/mol. The molecular formula is C13H25NO3S. The monoisotopic (exact) mass is 275 g/mol. The number of hydrogen-bond acceptors (Lipinski definition) is 5. The van der Waals surface area contributed by atoms with E-state index < -0.39 is 0 Å². The molecule has 0 bridgehead atoms. The van der Waals surface area contributed by atoms with E-state index in [9.17, 15) is 0 Å². The minimum Gasteiger partial charge on any atom is -0.375 e. The van der Waals surface area contributed by atoms with Gasteiger partial charge in [-0.05, 0) is 43.1 Å². The van der Waals surface area contributed by atoms with Gasteiger partial charge in [-0.1, -0.05) is 0 Å². The summed E-state index contributed by atoms with van der Waals surface area (Å²) in [5, 5.41) is 0. The summed E-state index contributed by atoms with van der Waals surface area (Å²) in [6, 6.07) is -0.0599. The molecule has 2 saturated heterocycles. The molecule has 0 amide bonds. The lowest BCUT2D eigenvalue weighted by Gasteiger charge is -2.45. The second-order valence-electron chi connectivity index (χ2n) is 5.31. The molecule has 0 aromatic rings. The molecule has 2 aliphatic rings. The van der Waals surface area contributed by atoms with Crippen molar-refractivity contribution < 1.29 is 14.2 Å². The Labute approximate surface area is 114 Å². The van der Waals surface area contributed by atoms with E-state index in [1.165, 1.54) is 11.5 Å². The number of methoxy groups -OCH3 is 2. The van der Waals surface area contributed by atoms with Gasteiger partial charge in [0, 0.05) is 20.8 Å². The van der Waals surface area contributed by atoms with Crippen LogP contribution in [0.25, 0.3) is 0 Å². The van der Waals surface area contributed by atoms with Gasteiger partial charge in [0.25, 0.3) is 0 Å². The van der Waals surface area contributed by atoms with E-state index >= 15 is 0 Å². The van der Waals surface area contributed by atoms with Crippen molar-refractivity contribution in [2.75, 3.05) is 32.3 Å². The van der Waals surface area contributed by atoms with Crippen LogP contribution in [0.4, 0.5) is 0 Å². The van der Waals surface area contributed by atoms with Crippen LogP contribution in [0.5, 0.6) is 0 Å². The molecule has 2 rings (SSSR count). The molecule has 18 heavy (non-hydrogen) atoms. The van der Waals surface area contributed by atoms with Crippen LogP contribution < -0.4 is 5.73 Å². The third-order valence-electron chi connectivity index (χ3n) is 4.26. The fraction of sp³-hybridized carbons (Fsp3) is 1.00. The van der Waals surface area contributed by atoms with E-state index in [1.807, 2.05) is 11.8 Å². The van der Waals surface area contributed by atoms with Crippen molar-refractivity contribution in [2.45, 2.75) is 43.6 Å². The molecule has 5 heteroatoms. The molecular weight excluding hydrogens is 250 g/mol. The molecule has 0 aliphatic carbocycles. The molecule has 0 aromatic heterocycles. The zero-order valence-electron chi connectivity index (χ0n) is 11.4.